The van der Waals surface area contributed by atoms with Crippen LogP contribution in [0.15, 0.2) is 66.0 Å². The Morgan fingerprint density at radius 2 is 1.74 bits per heavy atom. The summed E-state index contributed by atoms with van der Waals surface area (Å²) < 4.78 is 0. The molecule has 2 N–H and O–H groups in total. The molecule has 138 valence electrons. The van der Waals surface area contributed by atoms with Crippen LogP contribution >= 0.6 is 34.7 Å². The molecule has 2 aromatic carbocycles. The lowest BCUT2D eigenvalue weighted by Gasteiger charge is -2.08. The molecule has 0 fully saturated rings. The Hall–Kier alpha value is -2.28. The number of carbonyl (C=O) groups is 2. The fourth-order valence-electron chi connectivity index (χ4n) is 2.36. The van der Waals surface area contributed by atoms with Crippen LogP contribution in [0.4, 0.5) is 11.4 Å². The number of benzene rings is 2. The van der Waals surface area contributed by atoms with Gasteiger partial charge in [0.05, 0.1) is 10.6 Å². The zero-order valence-electron chi connectivity index (χ0n) is 14.3. The first-order valence-electron chi connectivity index (χ1n) is 8.17. The van der Waals surface area contributed by atoms with Gasteiger partial charge >= 0.3 is 0 Å². The van der Waals surface area contributed by atoms with Gasteiger partial charge in [0.25, 0.3) is 5.91 Å². The third-order valence-corrected chi connectivity index (χ3v) is 5.65. The van der Waals surface area contributed by atoms with E-state index < -0.39 is 0 Å². The number of nitrogens with one attached hydrogen (secondary N) is 2. The van der Waals surface area contributed by atoms with E-state index >= 15 is 0 Å². The van der Waals surface area contributed by atoms with Crippen LogP contribution in [-0.4, -0.2) is 17.6 Å². The van der Waals surface area contributed by atoms with Gasteiger partial charge in [0.1, 0.15) is 0 Å². The predicted octanol–water partition coefficient (Wildman–Crippen LogP) is 5.53. The molecule has 27 heavy (non-hydrogen) atoms. The molecule has 2 amide bonds. The van der Waals surface area contributed by atoms with Crippen LogP contribution in [0.1, 0.15) is 15.2 Å². The number of thiophene rings is 1. The number of rotatable bonds is 7. The molecule has 3 aromatic rings. The lowest BCUT2D eigenvalue weighted by molar-refractivity contribution is -0.113. The molecule has 7 heteroatoms. The SMILES string of the molecule is O=C(CSCc1cccc(Cl)c1)Nc1cccc(NC(=O)c2cccs2)c1. The van der Waals surface area contributed by atoms with Crippen LogP contribution in [0.2, 0.25) is 5.02 Å². The monoisotopic (exact) mass is 416 g/mol. The number of anilines is 2. The first kappa shape index (κ1) is 19.5. The standard InChI is InChI=1S/C20H17ClN2O2S2/c21-15-5-1-4-14(10-15)12-26-13-19(24)22-16-6-2-7-17(11-16)23-20(25)18-8-3-9-27-18/h1-11H,12-13H2,(H,22,24)(H,23,25). The summed E-state index contributed by atoms with van der Waals surface area (Å²) >= 11 is 8.86. The average molecular weight is 417 g/mol. The normalized spacial score (nSPS) is 10.4. The third kappa shape index (κ3) is 6.13. The maximum atomic E-state index is 12.1. The molecular weight excluding hydrogens is 400 g/mol. The van der Waals surface area contributed by atoms with Crippen LogP contribution in [0.5, 0.6) is 0 Å². The van der Waals surface area contributed by atoms with Crippen molar-refractivity contribution in [1.29, 1.82) is 0 Å². The van der Waals surface area contributed by atoms with Gasteiger partial charge in [-0.2, -0.15) is 0 Å². The van der Waals surface area contributed by atoms with Crippen molar-refractivity contribution in [2.75, 3.05) is 16.4 Å². The fourth-order valence-corrected chi connectivity index (χ4v) is 3.97. The zero-order valence-corrected chi connectivity index (χ0v) is 16.7. The number of thioether (sulfide) groups is 1. The maximum Gasteiger partial charge on any atom is 0.265 e. The Morgan fingerprint density at radius 3 is 2.48 bits per heavy atom. The summed E-state index contributed by atoms with van der Waals surface area (Å²) in [4.78, 5) is 24.9. The summed E-state index contributed by atoms with van der Waals surface area (Å²) in [5, 5.41) is 8.23. The molecule has 4 nitrogen and oxygen atoms in total. The molecule has 0 aliphatic heterocycles. The van der Waals surface area contributed by atoms with Crippen LogP contribution in [0, 0.1) is 0 Å². The smallest absolute Gasteiger partial charge is 0.265 e. The van der Waals surface area contributed by atoms with Crippen molar-refractivity contribution >= 4 is 57.9 Å². The van der Waals surface area contributed by atoms with E-state index in [4.69, 9.17) is 11.6 Å². The number of hydrogen-bond donors (Lipinski definition) is 2. The van der Waals surface area contributed by atoms with E-state index in [1.165, 1.54) is 23.1 Å². The van der Waals surface area contributed by atoms with Gasteiger partial charge in [0.15, 0.2) is 0 Å². The summed E-state index contributed by atoms with van der Waals surface area (Å²) in [6.07, 6.45) is 0. The lowest BCUT2D eigenvalue weighted by atomic mass is 10.2. The summed E-state index contributed by atoms with van der Waals surface area (Å²) in [6, 6.07) is 18.3. The lowest BCUT2D eigenvalue weighted by Crippen LogP contribution is -2.15. The van der Waals surface area contributed by atoms with E-state index in [0.29, 0.717) is 32.8 Å². The topological polar surface area (TPSA) is 58.2 Å². The highest BCUT2D eigenvalue weighted by Crippen LogP contribution is 2.19. The second-order valence-electron chi connectivity index (χ2n) is 5.68. The molecule has 1 aromatic heterocycles. The van der Waals surface area contributed by atoms with Gasteiger partial charge in [0, 0.05) is 22.2 Å². The highest BCUT2D eigenvalue weighted by molar-refractivity contribution is 7.99. The Labute approximate surface area is 170 Å². The molecule has 3 rings (SSSR count). The molecule has 0 radical (unpaired) electrons. The van der Waals surface area contributed by atoms with E-state index in [-0.39, 0.29) is 11.8 Å². The van der Waals surface area contributed by atoms with E-state index in [2.05, 4.69) is 10.6 Å². The molecule has 0 saturated carbocycles. The van der Waals surface area contributed by atoms with Crippen molar-refractivity contribution in [3.63, 3.8) is 0 Å². The van der Waals surface area contributed by atoms with Gasteiger partial charge in [-0.3, -0.25) is 9.59 Å². The summed E-state index contributed by atoms with van der Waals surface area (Å²) in [5.41, 5.74) is 2.36. The predicted molar refractivity (Wildman–Crippen MR) is 115 cm³/mol. The minimum absolute atomic E-state index is 0.0937. The van der Waals surface area contributed by atoms with Gasteiger partial charge in [0.2, 0.25) is 5.91 Å². The third-order valence-electron chi connectivity index (χ3n) is 3.54. The molecule has 0 spiro atoms. The summed E-state index contributed by atoms with van der Waals surface area (Å²) in [6.45, 7) is 0. The molecule has 0 unspecified atom stereocenters. The summed E-state index contributed by atoms with van der Waals surface area (Å²) in [7, 11) is 0. The highest BCUT2D eigenvalue weighted by Gasteiger charge is 2.08. The molecule has 0 atom stereocenters. The molecule has 0 aliphatic carbocycles. The first-order chi connectivity index (χ1) is 13.1. The molecule has 0 bridgehead atoms. The van der Waals surface area contributed by atoms with E-state index in [0.717, 1.165) is 5.56 Å². The second kappa shape index (κ2) is 9.60. The Kier molecular flexibility index (Phi) is 6.92. The van der Waals surface area contributed by atoms with Crippen molar-refractivity contribution < 1.29 is 9.59 Å². The zero-order chi connectivity index (χ0) is 19.1. The quantitative estimate of drug-likeness (QED) is 0.532. The van der Waals surface area contributed by atoms with Crippen molar-refractivity contribution in [2.45, 2.75) is 5.75 Å². The van der Waals surface area contributed by atoms with Crippen molar-refractivity contribution in [3.05, 3.63) is 81.5 Å². The van der Waals surface area contributed by atoms with E-state index in [1.54, 1.807) is 30.3 Å². The minimum atomic E-state index is -0.162. The Bertz CT molecular complexity index is 929. The average Bonchev–Trinajstić information content (AvgIpc) is 3.17. The Morgan fingerprint density at radius 1 is 0.963 bits per heavy atom. The largest absolute Gasteiger partial charge is 0.325 e. The van der Waals surface area contributed by atoms with Gasteiger partial charge in [-0.05, 0) is 47.3 Å². The number of hydrogen-bond acceptors (Lipinski definition) is 4. The maximum absolute atomic E-state index is 12.1. The minimum Gasteiger partial charge on any atom is -0.325 e. The van der Waals surface area contributed by atoms with E-state index in [9.17, 15) is 9.59 Å². The first-order valence-corrected chi connectivity index (χ1v) is 10.6. The number of amides is 2. The molecule has 1 heterocycles. The number of halogens is 1. The molecule has 0 aliphatic rings. The fraction of sp³-hybridized carbons (Fsp3) is 0.100. The van der Waals surface area contributed by atoms with E-state index in [1.807, 2.05) is 35.7 Å². The second-order valence-corrected chi connectivity index (χ2v) is 8.05. The highest BCUT2D eigenvalue weighted by atomic mass is 35.5. The molecular formula is C20H17ClN2O2S2. The Balaban J connectivity index is 1.49. The van der Waals surface area contributed by atoms with Gasteiger partial charge in [-0.1, -0.05) is 35.9 Å². The van der Waals surface area contributed by atoms with Crippen molar-refractivity contribution in [3.8, 4) is 0 Å². The van der Waals surface area contributed by atoms with Crippen molar-refractivity contribution in [2.24, 2.45) is 0 Å². The van der Waals surface area contributed by atoms with Gasteiger partial charge in [-0.25, -0.2) is 0 Å². The van der Waals surface area contributed by atoms with Crippen molar-refractivity contribution in [1.82, 2.24) is 0 Å². The van der Waals surface area contributed by atoms with Crippen LogP contribution in [-0.2, 0) is 10.5 Å². The number of carbonyl (C=O) groups excluding carboxylic acids is 2. The molecule has 0 saturated heterocycles. The van der Waals surface area contributed by atoms with Crippen LogP contribution in [0.25, 0.3) is 0 Å². The van der Waals surface area contributed by atoms with Gasteiger partial charge < -0.3 is 10.6 Å². The summed E-state index contributed by atoms with van der Waals surface area (Å²) in [5.74, 6) is 0.790. The van der Waals surface area contributed by atoms with Gasteiger partial charge in [-0.15, -0.1) is 23.1 Å². The van der Waals surface area contributed by atoms with Crippen LogP contribution < -0.4 is 10.6 Å². The van der Waals surface area contributed by atoms with Crippen LogP contribution in [0.3, 0.4) is 0 Å².